The number of carbonyl (C=O) groups is 1. The highest BCUT2D eigenvalue weighted by Crippen LogP contribution is 2.35. The molecule has 0 N–H and O–H groups in total. The van der Waals surface area contributed by atoms with Crippen molar-refractivity contribution < 1.29 is 19.0 Å². The van der Waals surface area contributed by atoms with E-state index in [9.17, 15) is 4.79 Å². The van der Waals surface area contributed by atoms with Gasteiger partial charge in [-0.25, -0.2) is 0 Å². The van der Waals surface area contributed by atoms with E-state index < -0.39 is 0 Å². The summed E-state index contributed by atoms with van der Waals surface area (Å²) < 4.78 is 15.9. The average molecular weight is 284 g/mol. The summed E-state index contributed by atoms with van der Waals surface area (Å²) in [6, 6.07) is 13.4. The maximum absolute atomic E-state index is 11.5. The third kappa shape index (κ3) is 2.84. The van der Waals surface area contributed by atoms with Gasteiger partial charge < -0.3 is 19.0 Å². The fourth-order valence-corrected chi connectivity index (χ4v) is 2.44. The van der Waals surface area contributed by atoms with E-state index in [4.69, 9.17) is 14.2 Å². The van der Waals surface area contributed by atoms with Crippen LogP contribution in [0.25, 0.3) is 0 Å². The lowest BCUT2D eigenvalue weighted by atomic mass is 9.93. The molecule has 0 spiro atoms. The van der Waals surface area contributed by atoms with Crippen LogP contribution in [0.15, 0.2) is 42.5 Å². The van der Waals surface area contributed by atoms with Crippen molar-refractivity contribution in [2.45, 2.75) is 12.3 Å². The predicted molar refractivity (Wildman–Crippen MR) is 78.1 cm³/mol. The lowest BCUT2D eigenvalue weighted by Crippen LogP contribution is -2.04. The number of fused-ring (bicyclic) bond motifs is 1. The summed E-state index contributed by atoms with van der Waals surface area (Å²) in [5.41, 5.74) is 1.99. The van der Waals surface area contributed by atoms with Crippen LogP contribution in [-0.2, 0) is 11.2 Å². The van der Waals surface area contributed by atoms with Crippen molar-refractivity contribution in [3.05, 3.63) is 53.6 Å². The van der Waals surface area contributed by atoms with E-state index in [1.165, 1.54) is 0 Å². The third-order valence-corrected chi connectivity index (χ3v) is 3.58. The molecule has 0 fully saturated rings. The Balaban J connectivity index is 1.83. The molecule has 0 radical (unpaired) electrons. The molecule has 108 valence electrons. The first-order chi connectivity index (χ1) is 10.3. The van der Waals surface area contributed by atoms with Gasteiger partial charge in [-0.3, -0.25) is 0 Å². The molecule has 1 atom stereocenters. The van der Waals surface area contributed by atoms with Gasteiger partial charge in [-0.2, -0.15) is 0 Å². The summed E-state index contributed by atoms with van der Waals surface area (Å²) in [4.78, 5) is 11.5. The SMILES string of the molecule is COc1cccc(CC(C=O)c2ccc3c(c2)OCO3)c1. The molecule has 0 saturated carbocycles. The fraction of sp³-hybridized carbons (Fsp3) is 0.235. The van der Waals surface area contributed by atoms with Crippen molar-refractivity contribution in [1.82, 2.24) is 0 Å². The van der Waals surface area contributed by atoms with E-state index in [-0.39, 0.29) is 12.7 Å². The van der Waals surface area contributed by atoms with Gasteiger partial charge in [-0.15, -0.1) is 0 Å². The highest BCUT2D eigenvalue weighted by atomic mass is 16.7. The Labute approximate surface area is 123 Å². The Morgan fingerprint density at radius 1 is 1.19 bits per heavy atom. The van der Waals surface area contributed by atoms with Gasteiger partial charge in [0.1, 0.15) is 12.0 Å². The van der Waals surface area contributed by atoms with Crippen LogP contribution >= 0.6 is 0 Å². The number of aldehydes is 1. The molecule has 1 aliphatic heterocycles. The minimum atomic E-state index is -0.216. The van der Waals surface area contributed by atoms with E-state index in [1.54, 1.807) is 7.11 Å². The van der Waals surface area contributed by atoms with Crippen molar-refractivity contribution in [2.75, 3.05) is 13.9 Å². The molecule has 1 aliphatic rings. The molecule has 0 saturated heterocycles. The molecular formula is C17H16O4. The maximum Gasteiger partial charge on any atom is 0.231 e. The Bertz CT molecular complexity index is 651. The summed E-state index contributed by atoms with van der Waals surface area (Å²) in [5, 5.41) is 0. The van der Waals surface area contributed by atoms with Crippen LogP contribution in [0.5, 0.6) is 17.2 Å². The van der Waals surface area contributed by atoms with Crippen molar-refractivity contribution in [1.29, 1.82) is 0 Å². The molecular weight excluding hydrogens is 268 g/mol. The largest absolute Gasteiger partial charge is 0.497 e. The summed E-state index contributed by atoms with van der Waals surface area (Å²) in [6.07, 6.45) is 1.59. The highest BCUT2D eigenvalue weighted by Gasteiger charge is 2.18. The maximum atomic E-state index is 11.5. The first kappa shape index (κ1) is 13.5. The average Bonchev–Trinajstić information content (AvgIpc) is 3.00. The summed E-state index contributed by atoms with van der Waals surface area (Å²) in [6.45, 7) is 0.237. The number of benzene rings is 2. The molecule has 0 aliphatic carbocycles. The number of rotatable bonds is 5. The Morgan fingerprint density at radius 3 is 2.86 bits per heavy atom. The van der Waals surface area contributed by atoms with Crippen LogP contribution in [0.3, 0.4) is 0 Å². The van der Waals surface area contributed by atoms with Crippen LogP contribution < -0.4 is 14.2 Å². The van der Waals surface area contributed by atoms with Crippen molar-refractivity contribution in [2.24, 2.45) is 0 Å². The predicted octanol–water partition coefficient (Wildman–Crippen LogP) is 2.95. The molecule has 21 heavy (non-hydrogen) atoms. The van der Waals surface area contributed by atoms with E-state index >= 15 is 0 Å². The van der Waals surface area contributed by atoms with Crippen LogP contribution in [0, 0.1) is 0 Å². The van der Waals surface area contributed by atoms with Crippen LogP contribution in [0.4, 0.5) is 0 Å². The lowest BCUT2D eigenvalue weighted by molar-refractivity contribution is -0.109. The van der Waals surface area contributed by atoms with Gasteiger partial charge in [0, 0.05) is 5.92 Å². The van der Waals surface area contributed by atoms with Gasteiger partial charge in [0.25, 0.3) is 0 Å². The van der Waals surface area contributed by atoms with E-state index in [2.05, 4.69) is 0 Å². The van der Waals surface area contributed by atoms with Crippen LogP contribution in [0.2, 0.25) is 0 Å². The zero-order valence-electron chi connectivity index (χ0n) is 11.7. The minimum absolute atomic E-state index is 0.216. The monoisotopic (exact) mass is 284 g/mol. The quantitative estimate of drug-likeness (QED) is 0.792. The van der Waals surface area contributed by atoms with E-state index in [0.29, 0.717) is 12.2 Å². The van der Waals surface area contributed by atoms with Crippen molar-refractivity contribution in [3.8, 4) is 17.2 Å². The van der Waals surface area contributed by atoms with Gasteiger partial charge in [-0.1, -0.05) is 18.2 Å². The van der Waals surface area contributed by atoms with Crippen molar-refractivity contribution >= 4 is 6.29 Å². The smallest absolute Gasteiger partial charge is 0.231 e. The second kappa shape index (κ2) is 5.87. The number of hydrogen-bond acceptors (Lipinski definition) is 4. The molecule has 2 aromatic rings. The third-order valence-electron chi connectivity index (χ3n) is 3.58. The molecule has 4 nitrogen and oxygen atoms in total. The number of carbonyl (C=O) groups excluding carboxylic acids is 1. The lowest BCUT2D eigenvalue weighted by Gasteiger charge is -2.12. The standard InChI is InChI=1S/C17H16O4/c1-19-15-4-2-3-12(8-15)7-14(10-18)13-5-6-16-17(9-13)21-11-20-16/h2-6,8-10,14H,7,11H2,1H3. The molecule has 3 rings (SSSR count). The van der Waals surface area contributed by atoms with Crippen molar-refractivity contribution in [3.63, 3.8) is 0 Å². The number of ether oxygens (including phenoxy) is 3. The Hall–Kier alpha value is -2.49. The minimum Gasteiger partial charge on any atom is -0.497 e. The summed E-state index contributed by atoms with van der Waals surface area (Å²) >= 11 is 0. The second-order valence-electron chi connectivity index (χ2n) is 4.91. The normalized spacial score (nSPS) is 13.8. The highest BCUT2D eigenvalue weighted by molar-refractivity contribution is 5.64. The van der Waals surface area contributed by atoms with Gasteiger partial charge in [-0.05, 0) is 41.8 Å². The zero-order chi connectivity index (χ0) is 14.7. The van der Waals surface area contributed by atoms with Crippen LogP contribution in [-0.4, -0.2) is 20.2 Å². The first-order valence-electron chi connectivity index (χ1n) is 6.78. The Kier molecular flexibility index (Phi) is 3.77. The Morgan fingerprint density at radius 2 is 2.05 bits per heavy atom. The second-order valence-corrected chi connectivity index (χ2v) is 4.91. The first-order valence-corrected chi connectivity index (χ1v) is 6.78. The molecule has 0 bridgehead atoms. The molecule has 1 heterocycles. The van der Waals surface area contributed by atoms with Gasteiger partial charge in [0.2, 0.25) is 6.79 Å². The molecule has 0 amide bonds. The van der Waals surface area contributed by atoms with Gasteiger partial charge in [0.15, 0.2) is 11.5 Å². The summed E-state index contributed by atoms with van der Waals surface area (Å²) in [7, 11) is 1.63. The van der Waals surface area contributed by atoms with Crippen LogP contribution in [0.1, 0.15) is 17.0 Å². The number of methoxy groups -OCH3 is 1. The zero-order valence-corrected chi connectivity index (χ0v) is 11.7. The number of hydrogen-bond donors (Lipinski definition) is 0. The van der Waals surface area contributed by atoms with Gasteiger partial charge >= 0.3 is 0 Å². The molecule has 4 heteroatoms. The topological polar surface area (TPSA) is 44.8 Å². The molecule has 0 aromatic heterocycles. The summed E-state index contributed by atoms with van der Waals surface area (Å²) in [5.74, 6) is 2.00. The molecule has 1 unspecified atom stereocenters. The van der Waals surface area contributed by atoms with E-state index in [1.807, 2.05) is 42.5 Å². The fourth-order valence-electron chi connectivity index (χ4n) is 2.44. The molecule has 2 aromatic carbocycles. The van der Waals surface area contributed by atoms with E-state index in [0.717, 1.165) is 28.9 Å². The van der Waals surface area contributed by atoms with Gasteiger partial charge in [0.05, 0.1) is 7.11 Å².